The van der Waals surface area contributed by atoms with E-state index in [2.05, 4.69) is 33.5 Å². The van der Waals surface area contributed by atoms with E-state index >= 15 is 0 Å². The van der Waals surface area contributed by atoms with Gasteiger partial charge in [-0.1, -0.05) is 126 Å². The molecule has 3 aromatic carbocycles. The van der Waals surface area contributed by atoms with Crippen LogP contribution in [0.5, 0.6) is 11.5 Å². The van der Waals surface area contributed by atoms with Crippen molar-refractivity contribution in [2.75, 3.05) is 13.1 Å². The SMILES string of the molecule is C1CCCCC1.CCCCC(NC(=O)C(Cc1cccc(Oc2ccc(CCC)cc2)c1)NC(=O)CNC=O)C(O)C(=O)NCC(=O)NC(C(=O)OC(C)(C)C)c1ccccc1. The molecule has 14 nitrogen and oxygen atoms in total. The fraction of sp³-hybridized carbons (Fsp3) is 0.500. The first-order chi connectivity index (χ1) is 29.7. The first kappa shape index (κ1) is 50.6. The zero-order chi connectivity index (χ0) is 45.3. The molecule has 5 amide bonds. The molecule has 1 fully saturated rings. The molecule has 338 valence electrons. The van der Waals surface area contributed by atoms with Gasteiger partial charge in [-0.15, -0.1) is 0 Å². The average molecular weight is 858 g/mol. The Morgan fingerprint density at radius 3 is 1.97 bits per heavy atom. The number of carbonyl (C=O) groups is 6. The van der Waals surface area contributed by atoms with Crippen molar-refractivity contribution in [1.29, 1.82) is 0 Å². The highest BCUT2D eigenvalue weighted by atomic mass is 16.6. The summed E-state index contributed by atoms with van der Waals surface area (Å²) in [7, 11) is 0. The number of amides is 5. The van der Waals surface area contributed by atoms with E-state index in [9.17, 15) is 33.9 Å². The number of aliphatic hydroxyl groups is 1. The van der Waals surface area contributed by atoms with Crippen LogP contribution in [0, 0.1) is 0 Å². The monoisotopic (exact) mass is 857 g/mol. The predicted molar refractivity (Wildman–Crippen MR) is 238 cm³/mol. The molecule has 3 aromatic rings. The Balaban J connectivity index is 0.00000156. The van der Waals surface area contributed by atoms with E-state index < -0.39 is 66.0 Å². The van der Waals surface area contributed by atoms with Gasteiger partial charge in [0.1, 0.15) is 23.1 Å². The van der Waals surface area contributed by atoms with Crippen LogP contribution in [-0.4, -0.2) is 78.0 Å². The molecule has 4 rings (SSSR count). The van der Waals surface area contributed by atoms with Crippen LogP contribution in [0.1, 0.15) is 122 Å². The maximum absolute atomic E-state index is 13.8. The van der Waals surface area contributed by atoms with Gasteiger partial charge in [-0.25, -0.2) is 4.79 Å². The summed E-state index contributed by atoms with van der Waals surface area (Å²) >= 11 is 0. The molecule has 1 aliphatic carbocycles. The van der Waals surface area contributed by atoms with Crippen LogP contribution in [0.3, 0.4) is 0 Å². The number of rotatable bonds is 22. The molecule has 4 atom stereocenters. The van der Waals surface area contributed by atoms with Crippen molar-refractivity contribution in [2.24, 2.45) is 0 Å². The Labute approximate surface area is 366 Å². The lowest BCUT2D eigenvalue weighted by Gasteiger charge is -2.27. The van der Waals surface area contributed by atoms with Crippen molar-refractivity contribution in [3.8, 4) is 11.5 Å². The van der Waals surface area contributed by atoms with Crippen molar-refractivity contribution < 1.29 is 43.3 Å². The van der Waals surface area contributed by atoms with Crippen LogP contribution >= 0.6 is 0 Å². The minimum Gasteiger partial charge on any atom is -0.458 e. The number of hydrogen-bond acceptors (Lipinski definition) is 9. The average Bonchev–Trinajstić information content (AvgIpc) is 3.26. The minimum atomic E-state index is -1.78. The molecule has 0 aliphatic heterocycles. The van der Waals surface area contributed by atoms with Crippen LogP contribution in [0.2, 0.25) is 0 Å². The number of aliphatic hydroxyl groups excluding tert-OH is 1. The second-order valence-electron chi connectivity index (χ2n) is 16.5. The van der Waals surface area contributed by atoms with Crippen LogP contribution in [0.15, 0.2) is 78.9 Å². The Morgan fingerprint density at radius 2 is 1.37 bits per heavy atom. The van der Waals surface area contributed by atoms with E-state index in [1.165, 1.54) is 44.1 Å². The second kappa shape index (κ2) is 27.2. The third-order valence-corrected chi connectivity index (χ3v) is 9.88. The molecule has 1 saturated carbocycles. The first-order valence-corrected chi connectivity index (χ1v) is 21.9. The van der Waals surface area contributed by atoms with Gasteiger partial charge < -0.3 is 41.2 Å². The van der Waals surface area contributed by atoms with E-state index in [-0.39, 0.29) is 19.4 Å². The van der Waals surface area contributed by atoms with Gasteiger partial charge in [0.2, 0.25) is 24.1 Å². The highest BCUT2D eigenvalue weighted by Crippen LogP contribution is 2.24. The second-order valence-corrected chi connectivity index (χ2v) is 16.5. The van der Waals surface area contributed by atoms with Crippen molar-refractivity contribution in [2.45, 2.75) is 141 Å². The van der Waals surface area contributed by atoms with Crippen LogP contribution < -0.4 is 31.3 Å². The summed E-state index contributed by atoms with van der Waals surface area (Å²) in [5, 5.41) is 23.7. The molecular formula is C48H67N5O9. The molecule has 6 N–H and O–H groups in total. The normalized spacial score (nSPS) is 14.2. The highest BCUT2D eigenvalue weighted by molar-refractivity contribution is 5.92. The quantitative estimate of drug-likeness (QED) is 0.0526. The maximum Gasteiger partial charge on any atom is 0.333 e. The molecule has 0 heterocycles. The van der Waals surface area contributed by atoms with E-state index in [1.54, 1.807) is 75.4 Å². The molecule has 1 aliphatic rings. The molecule has 14 heteroatoms. The largest absolute Gasteiger partial charge is 0.458 e. The Morgan fingerprint density at radius 1 is 0.726 bits per heavy atom. The van der Waals surface area contributed by atoms with E-state index in [0.717, 1.165) is 12.8 Å². The van der Waals surface area contributed by atoms with Gasteiger partial charge in [-0.3, -0.25) is 24.0 Å². The lowest BCUT2D eigenvalue weighted by Crippen LogP contribution is -2.57. The molecule has 0 spiro atoms. The Hall–Kier alpha value is -5.76. The van der Waals surface area contributed by atoms with Gasteiger partial charge in [0.25, 0.3) is 5.91 Å². The fourth-order valence-corrected chi connectivity index (χ4v) is 6.74. The third kappa shape index (κ3) is 19.3. The van der Waals surface area contributed by atoms with Crippen LogP contribution in [0.4, 0.5) is 0 Å². The van der Waals surface area contributed by atoms with Gasteiger partial charge in [-0.05, 0) is 74.6 Å². The van der Waals surface area contributed by atoms with Crippen molar-refractivity contribution in [3.63, 3.8) is 0 Å². The molecule has 0 bridgehead atoms. The van der Waals surface area contributed by atoms with Crippen molar-refractivity contribution >= 4 is 36.0 Å². The van der Waals surface area contributed by atoms with Gasteiger partial charge in [0.05, 0.1) is 19.1 Å². The number of hydrogen-bond donors (Lipinski definition) is 6. The van der Waals surface area contributed by atoms with Gasteiger partial charge in [-0.2, -0.15) is 0 Å². The molecular weight excluding hydrogens is 791 g/mol. The molecule has 0 aromatic heterocycles. The zero-order valence-corrected chi connectivity index (χ0v) is 37.0. The van der Waals surface area contributed by atoms with E-state index in [0.29, 0.717) is 41.9 Å². The lowest BCUT2D eigenvalue weighted by molar-refractivity contribution is -0.158. The number of aryl methyl sites for hydroxylation is 1. The summed E-state index contributed by atoms with van der Waals surface area (Å²) in [6.45, 7) is 8.15. The van der Waals surface area contributed by atoms with Gasteiger partial charge >= 0.3 is 5.97 Å². The van der Waals surface area contributed by atoms with Crippen molar-refractivity contribution in [3.05, 3.63) is 95.6 Å². The standard InChI is InChI=1S/C42H55N5O9.C6H12/c1-6-8-18-33(38(51)40(53)44-26-36(50)47-37(30-15-10-9-11-16-30)41(54)56-42(3,4)5)46-39(52)34(45-35(49)25-43-27-48)24-29-14-12-17-32(23-29)55-31-21-19-28(13-7-2)20-22-31;1-2-4-6-5-3-1/h9-12,14-17,19-23,27,33-34,37-38,51H,6-8,13,18,24-26H2,1-5H3,(H,43,48)(H,44,53)(H,45,49)(H,46,52)(H,47,50);1-6H2. The minimum absolute atomic E-state index is 0.00842. The number of benzene rings is 3. The Bertz CT molecular complexity index is 1830. The number of nitrogens with one attached hydrogen (secondary N) is 5. The highest BCUT2D eigenvalue weighted by Gasteiger charge is 2.32. The fourth-order valence-electron chi connectivity index (χ4n) is 6.74. The molecule has 62 heavy (non-hydrogen) atoms. The third-order valence-electron chi connectivity index (χ3n) is 9.88. The van der Waals surface area contributed by atoms with Gasteiger partial charge in [0.15, 0.2) is 12.1 Å². The first-order valence-electron chi connectivity index (χ1n) is 21.9. The summed E-state index contributed by atoms with van der Waals surface area (Å²) in [6.07, 6.45) is 11.0. The summed E-state index contributed by atoms with van der Waals surface area (Å²) in [6, 6.07) is 19.8. The molecule has 0 saturated heterocycles. The zero-order valence-electron chi connectivity index (χ0n) is 37.0. The predicted octanol–water partition coefficient (Wildman–Crippen LogP) is 5.90. The van der Waals surface area contributed by atoms with Gasteiger partial charge in [0, 0.05) is 6.42 Å². The number of carbonyl (C=O) groups excluding carboxylic acids is 6. The summed E-state index contributed by atoms with van der Waals surface area (Å²) in [5.41, 5.74) is 1.49. The molecule has 4 unspecified atom stereocenters. The summed E-state index contributed by atoms with van der Waals surface area (Å²) in [5.74, 6) is -2.51. The lowest BCUT2D eigenvalue weighted by atomic mass is 10.0. The smallest absolute Gasteiger partial charge is 0.333 e. The number of unbranched alkanes of at least 4 members (excludes halogenated alkanes) is 1. The summed E-state index contributed by atoms with van der Waals surface area (Å²) in [4.78, 5) is 76.5. The summed E-state index contributed by atoms with van der Waals surface area (Å²) < 4.78 is 11.5. The number of ether oxygens (including phenoxy) is 2. The van der Waals surface area contributed by atoms with E-state index in [1.807, 2.05) is 31.2 Å². The molecule has 0 radical (unpaired) electrons. The van der Waals surface area contributed by atoms with Crippen LogP contribution in [-0.2, 0) is 46.3 Å². The van der Waals surface area contributed by atoms with Crippen LogP contribution in [0.25, 0.3) is 0 Å². The van der Waals surface area contributed by atoms with E-state index in [4.69, 9.17) is 9.47 Å². The Kier molecular flexibility index (Phi) is 22.2. The maximum atomic E-state index is 13.8. The topological polar surface area (TPSA) is 201 Å². The van der Waals surface area contributed by atoms with Crippen molar-refractivity contribution in [1.82, 2.24) is 26.6 Å². The number of esters is 1.